The average Bonchev–Trinajstić information content (AvgIpc) is 2.19. The van der Waals surface area contributed by atoms with Gasteiger partial charge in [-0.25, -0.2) is 4.72 Å². The van der Waals surface area contributed by atoms with Crippen molar-refractivity contribution < 1.29 is 18.0 Å². The molecule has 1 aliphatic heterocycles. The molecule has 0 aromatic heterocycles. The average molecular weight is 249 g/mol. The van der Waals surface area contributed by atoms with Gasteiger partial charge >= 0.3 is 0 Å². The fourth-order valence-electron chi connectivity index (χ4n) is 1.27. The summed E-state index contributed by atoms with van der Waals surface area (Å²) in [5, 5.41) is 2.08. The Morgan fingerprint density at radius 3 is 2.69 bits per heavy atom. The zero-order valence-corrected chi connectivity index (χ0v) is 9.76. The van der Waals surface area contributed by atoms with E-state index in [0.717, 1.165) is 0 Å². The van der Waals surface area contributed by atoms with Crippen LogP contribution in [0.5, 0.6) is 0 Å². The van der Waals surface area contributed by atoms with Crippen molar-refractivity contribution in [1.29, 1.82) is 0 Å². The quantitative estimate of drug-likeness (QED) is 0.523. The van der Waals surface area contributed by atoms with Gasteiger partial charge in [-0.1, -0.05) is 6.92 Å². The molecule has 0 radical (unpaired) electrons. The third kappa shape index (κ3) is 3.87. The van der Waals surface area contributed by atoms with E-state index in [1.54, 1.807) is 0 Å². The maximum absolute atomic E-state index is 11.4. The minimum absolute atomic E-state index is 0.146. The second-order valence-electron chi connectivity index (χ2n) is 3.52. The van der Waals surface area contributed by atoms with Crippen molar-refractivity contribution in [3.05, 3.63) is 0 Å². The summed E-state index contributed by atoms with van der Waals surface area (Å²) in [5.74, 6) is -0.972. The molecule has 0 aliphatic carbocycles. The van der Waals surface area contributed by atoms with Crippen LogP contribution in [-0.2, 0) is 19.8 Å². The molecule has 3 N–H and O–H groups in total. The van der Waals surface area contributed by atoms with Gasteiger partial charge in [0.2, 0.25) is 11.8 Å². The lowest BCUT2D eigenvalue weighted by molar-refractivity contribution is -0.134. The van der Waals surface area contributed by atoms with Crippen LogP contribution in [0.1, 0.15) is 26.2 Å². The van der Waals surface area contributed by atoms with Crippen molar-refractivity contribution in [1.82, 2.24) is 14.8 Å². The zero-order chi connectivity index (χ0) is 12.2. The maximum Gasteiger partial charge on any atom is 0.277 e. The van der Waals surface area contributed by atoms with Gasteiger partial charge in [0.1, 0.15) is 6.04 Å². The molecule has 0 aromatic rings. The van der Waals surface area contributed by atoms with Crippen LogP contribution in [0.4, 0.5) is 0 Å². The van der Waals surface area contributed by atoms with Crippen molar-refractivity contribution in [3.63, 3.8) is 0 Å². The fraction of sp³-hybridized carbons (Fsp3) is 0.750. The lowest BCUT2D eigenvalue weighted by Gasteiger charge is -2.21. The first-order chi connectivity index (χ1) is 7.44. The molecular weight excluding hydrogens is 234 g/mol. The Bertz CT molecular complexity index is 379. The number of hydrogen-bond donors (Lipinski definition) is 3. The molecule has 0 aromatic carbocycles. The molecule has 16 heavy (non-hydrogen) atoms. The number of amides is 2. The van der Waals surface area contributed by atoms with E-state index in [1.807, 2.05) is 6.92 Å². The molecule has 1 rings (SSSR count). The summed E-state index contributed by atoms with van der Waals surface area (Å²) >= 11 is 0. The second-order valence-corrected chi connectivity index (χ2v) is 5.05. The molecule has 92 valence electrons. The highest BCUT2D eigenvalue weighted by molar-refractivity contribution is 7.87. The first-order valence-corrected chi connectivity index (χ1v) is 6.53. The zero-order valence-electron chi connectivity index (χ0n) is 8.95. The number of piperidine rings is 1. The number of carbonyl (C=O) groups excluding carboxylic acids is 2. The summed E-state index contributed by atoms with van der Waals surface area (Å²) in [6.07, 6.45) is 1.00. The summed E-state index contributed by atoms with van der Waals surface area (Å²) in [5.41, 5.74) is 0. The van der Waals surface area contributed by atoms with Crippen LogP contribution in [0, 0.1) is 0 Å². The number of nitrogens with one attached hydrogen (secondary N) is 3. The predicted molar refractivity (Wildman–Crippen MR) is 56.5 cm³/mol. The SMILES string of the molecule is CCCNS(=O)(=O)NC1CCC(=O)NC1=O. The van der Waals surface area contributed by atoms with Crippen LogP contribution in [0.3, 0.4) is 0 Å². The van der Waals surface area contributed by atoms with Crippen molar-refractivity contribution in [2.24, 2.45) is 0 Å². The Kier molecular flexibility index (Phi) is 4.39. The molecular formula is C8H15N3O4S. The molecule has 1 saturated heterocycles. The molecule has 7 nitrogen and oxygen atoms in total. The van der Waals surface area contributed by atoms with E-state index in [9.17, 15) is 18.0 Å². The summed E-state index contributed by atoms with van der Waals surface area (Å²) in [6, 6.07) is -0.868. The number of imide groups is 1. The van der Waals surface area contributed by atoms with E-state index in [-0.39, 0.29) is 18.7 Å². The van der Waals surface area contributed by atoms with Crippen molar-refractivity contribution in [3.8, 4) is 0 Å². The molecule has 1 unspecified atom stereocenters. The van der Waals surface area contributed by atoms with Crippen molar-refractivity contribution in [2.75, 3.05) is 6.54 Å². The third-order valence-corrected chi connectivity index (χ3v) is 3.26. The van der Waals surface area contributed by atoms with Gasteiger partial charge in [-0.15, -0.1) is 0 Å². The summed E-state index contributed by atoms with van der Waals surface area (Å²) in [6.45, 7) is 2.14. The maximum atomic E-state index is 11.4. The fourth-order valence-corrected chi connectivity index (χ4v) is 2.43. The molecule has 2 amide bonds. The number of rotatable bonds is 5. The molecule has 1 heterocycles. The first kappa shape index (κ1) is 13.1. The van der Waals surface area contributed by atoms with Crippen LogP contribution in [0.2, 0.25) is 0 Å². The predicted octanol–water partition coefficient (Wildman–Crippen LogP) is -1.37. The highest BCUT2D eigenvalue weighted by atomic mass is 32.2. The van der Waals surface area contributed by atoms with Gasteiger partial charge in [0.05, 0.1) is 0 Å². The monoisotopic (exact) mass is 249 g/mol. The van der Waals surface area contributed by atoms with E-state index >= 15 is 0 Å². The van der Waals surface area contributed by atoms with E-state index in [2.05, 4.69) is 14.8 Å². The van der Waals surface area contributed by atoms with Gasteiger partial charge in [-0.2, -0.15) is 13.1 Å². The number of hydrogen-bond acceptors (Lipinski definition) is 4. The Labute approximate surface area is 94.2 Å². The Morgan fingerprint density at radius 1 is 1.44 bits per heavy atom. The van der Waals surface area contributed by atoms with Crippen LogP contribution < -0.4 is 14.8 Å². The lowest BCUT2D eigenvalue weighted by Crippen LogP contribution is -2.54. The lowest BCUT2D eigenvalue weighted by atomic mass is 10.1. The standard InChI is InChI=1S/C8H15N3O4S/c1-2-5-9-16(14,15)11-6-3-4-7(12)10-8(6)13/h6,9,11H,2-5H2,1H3,(H,10,12,13). The van der Waals surface area contributed by atoms with E-state index in [0.29, 0.717) is 13.0 Å². The minimum Gasteiger partial charge on any atom is -0.295 e. The highest BCUT2D eigenvalue weighted by Gasteiger charge is 2.29. The smallest absolute Gasteiger partial charge is 0.277 e. The Hall–Kier alpha value is -0.990. The van der Waals surface area contributed by atoms with Crippen molar-refractivity contribution >= 4 is 22.0 Å². The third-order valence-electron chi connectivity index (χ3n) is 2.08. The molecule has 0 spiro atoms. The van der Waals surface area contributed by atoms with Crippen LogP contribution in [0.15, 0.2) is 0 Å². The van der Waals surface area contributed by atoms with Crippen LogP contribution >= 0.6 is 0 Å². The molecule has 1 atom stereocenters. The molecule has 1 fully saturated rings. The topological polar surface area (TPSA) is 104 Å². The van der Waals surface area contributed by atoms with Crippen LogP contribution in [0.25, 0.3) is 0 Å². The van der Waals surface area contributed by atoms with Gasteiger partial charge in [-0.3, -0.25) is 14.9 Å². The minimum atomic E-state index is -3.67. The second kappa shape index (κ2) is 5.37. The van der Waals surface area contributed by atoms with Gasteiger partial charge < -0.3 is 0 Å². The van der Waals surface area contributed by atoms with Gasteiger partial charge in [-0.05, 0) is 12.8 Å². The summed E-state index contributed by atoms with van der Waals surface area (Å²) < 4.78 is 27.3. The largest absolute Gasteiger partial charge is 0.295 e. The van der Waals surface area contributed by atoms with Gasteiger partial charge in [0.25, 0.3) is 10.2 Å². The number of carbonyl (C=O) groups is 2. The Balaban J connectivity index is 2.53. The van der Waals surface area contributed by atoms with Gasteiger partial charge in [0, 0.05) is 13.0 Å². The highest BCUT2D eigenvalue weighted by Crippen LogP contribution is 2.04. The van der Waals surface area contributed by atoms with Crippen molar-refractivity contribution in [2.45, 2.75) is 32.2 Å². The summed E-state index contributed by atoms with van der Waals surface area (Å²) in [4.78, 5) is 22.1. The van der Waals surface area contributed by atoms with Crippen LogP contribution in [-0.4, -0.2) is 32.8 Å². The molecule has 0 saturated carbocycles. The van der Waals surface area contributed by atoms with E-state index < -0.39 is 22.2 Å². The van der Waals surface area contributed by atoms with E-state index in [1.165, 1.54) is 0 Å². The first-order valence-electron chi connectivity index (χ1n) is 5.05. The molecule has 0 bridgehead atoms. The molecule has 8 heteroatoms. The van der Waals surface area contributed by atoms with Gasteiger partial charge in [0.15, 0.2) is 0 Å². The molecule has 1 aliphatic rings. The normalized spacial score (nSPS) is 21.9. The van der Waals surface area contributed by atoms with E-state index in [4.69, 9.17) is 0 Å². The summed E-state index contributed by atoms with van der Waals surface area (Å²) in [7, 11) is -3.67. The Morgan fingerprint density at radius 2 is 2.12 bits per heavy atom.